The van der Waals surface area contributed by atoms with Crippen molar-refractivity contribution in [3.05, 3.63) is 10.3 Å². The van der Waals surface area contributed by atoms with Crippen molar-refractivity contribution in [1.29, 1.82) is 0 Å². The van der Waals surface area contributed by atoms with Crippen LogP contribution in [0.2, 0.25) is 0 Å². The Balaban J connectivity index is 3.13. The van der Waals surface area contributed by atoms with E-state index in [4.69, 9.17) is 10.5 Å². The second-order valence-electron chi connectivity index (χ2n) is 2.97. The number of nitrogens with zero attached hydrogens (tertiary/aromatic N) is 1. The van der Waals surface area contributed by atoms with Gasteiger partial charge in [-0.3, -0.25) is 4.79 Å². The number of thiophene rings is 1. The lowest BCUT2D eigenvalue weighted by Gasteiger charge is -2.13. The second kappa shape index (κ2) is 4.32. The van der Waals surface area contributed by atoms with E-state index < -0.39 is 5.91 Å². The van der Waals surface area contributed by atoms with E-state index in [1.165, 1.54) is 11.3 Å². The summed E-state index contributed by atoms with van der Waals surface area (Å²) in [6.07, 6.45) is 0. The minimum atomic E-state index is -0.438. The van der Waals surface area contributed by atoms with Gasteiger partial charge < -0.3 is 15.4 Å². The van der Waals surface area contributed by atoms with Crippen molar-refractivity contribution in [2.45, 2.75) is 6.92 Å². The molecule has 0 fully saturated rings. The van der Waals surface area contributed by atoms with Crippen molar-refractivity contribution in [2.24, 2.45) is 5.73 Å². The molecule has 0 aromatic carbocycles. The number of nitrogens with two attached hydrogens (primary N) is 1. The number of anilines is 1. The van der Waals surface area contributed by atoms with Crippen molar-refractivity contribution in [1.82, 2.24) is 0 Å². The van der Waals surface area contributed by atoms with Gasteiger partial charge >= 0.3 is 0 Å². The van der Waals surface area contributed by atoms with Crippen molar-refractivity contribution in [3.8, 4) is 5.75 Å². The molecule has 2 N–H and O–H groups in total. The molecule has 4 nitrogen and oxygen atoms in total. The third-order valence-electron chi connectivity index (χ3n) is 1.72. The van der Waals surface area contributed by atoms with E-state index in [0.717, 1.165) is 5.69 Å². The van der Waals surface area contributed by atoms with Gasteiger partial charge in [-0.2, -0.15) is 0 Å². The smallest absolute Gasteiger partial charge is 0.262 e. The van der Waals surface area contributed by atoms with E-state index in [1.807, 2.05) is 31.3 Å². The lowest BCUT2D eigenvalue weighted by molar-refractivity contribution is 0.100. The van der Waals surface area contributed by atoms with Crippen LogP contribution in [-0.4, -0.2) is 26.6 Å². The highest BCUT2D eigenvalue weighted by atomic mass is 32.1. The highest BCUT2D eigenvalue weighted by Gasteiger charge is 2.18. The van der Waals surface area contributed by atoms with Crippen molar-refractivity contribution < 1.29 is 9.53 Å². The first kappa shape index (κ1) is 10.8. The van der Waals surface area contributed by atoms with E-state index in [9.17, 15) is 4.79 Å². The number of carbonyl (C=O) groups excluding carboxylic acids is 1. The summed E-state index contributed by atoms with van der Waals surface area (Å²) in [5, 5.41) is 1.87. The van der Waals surface area contributed by atoms with E-state index in [0.29, 0.717) is 17.2 Å². The van der Waals surface area contributed by atoms with Crippen LogP contribution in [0.5, 0.6) is 5.75 Å². The van der Waals surface area contributed by atoms with Crippen LogP contribution < -0.4 is 15.4 Å². The Bertz CT molecular complexity index is 334. The first-order valence-electron chi connectivity index (χ1n) is 4.29. The molecule has 0 bridgehead atoms. The number of hydrogen-bond donors (Lipinski definition) is 1. The average Bonchev–Trinajstić information content (AvgIpc) is 2.48. The molecule has 0 aliphatic heterocycles. The minimum Gasteiger partial charge on any atom is -0.490 e. The molecule has 0 unspecified atom stereocenters. The number of primary amides is 1. The molecular formula is C9H14N2O2S. The summed E-state index contributed by atoms with van der Waals surface area (Å²) in [7, 11) is 3.80. The van der Waals surface area contributed by atoms with E-state index >= 15 is 0 Å². The summed E-state index contributed by atoms with van der Waals surface area (Å²) in [6, 6.07) is 0. The minimum absolute atomic E-state index is 0.438. The van der Waals surface area contributed by atoms with E-state index in [2.05, 4.69) is 0 Å². The van der Waals surface area contributed by atoms with Gasteiger partial charge in [0.15, 0.2) is 5.75 Å². The predicted molar refractivity (Wildman–Crippen MR) is 58.3 cm³/mol. The van der Waals surface area contributed by atoms with Crippen molar-refractivity contribution >= 4 is 22.9 Å². The SMILES string of the molecule is CCOc1c(N(C)C)csc1C(N)=O. The van der Waals surface area contributed by atoms with E-state index in [1.54, 1.807) is 0 Å². The second-order valence-corrected chi connectivity index (χ2v) is 3.85. The Morgan fingerprint density at radius 3 is 2.71 bits per heavy atom. The Hall–Kier alpha value is -1.23. The van der Waals surface area contributed by atoms with Gasteiger partial charge in [-0.25, -0.2) is 0 Å². The quantitative estimate of drug-likeness (QED) is 0.822. The fourth-order valence-electron chi connectivity index (χ4n) is 1.10. The van der Waals surface area contributed by atoms with Gasteiger partial charge in [0.25, 0.3) is 5.91 Å². The van der Waals surface area contributed by atoms with Crippen LogP contribution in [0.25, 0.3) is 0 Å². The molecule has 5 heteroatoms. The van der Waals surface area contributed by atoms with Crippen LogP contribution in [0.15, 0.2) is 5.38 Å². The fourth-order valence-corrected chi connectivity index (χ4v) is 2.03. The molecular weight excluding hydrogens is 200 g/mol. The normalized spacial score (nSPS) is 9.93. The number of hydrogen-bond acceptors (Lipinski definition) is 4. The van der Waals surface area contributed by atoms with Crippen LogP contribution in [0.1, 0.15) is 16.6 Å². The molecule has 0 aliphatic rings. The molecule has 1 aromatic rings. The van der Waals surface area contributed by atoms with Gasteiger partial charge in [-0.05, 0) is 6.92 Å². The molecule has 0 aliphatic carbocycles. The zero-order valence-corrected chi connectivity index (χ0v) is 9.35. The molecule has 1 heterocycles. The zero-order valence-electron chi connectivity index (χ0n) is 8.53. The molecule has 0 radical (unpaired) electrons. The maximum Gasteiger partial charge on any atom is 0.262 e. The molecule has 1 amide bonds. The van der Waals surface area contributed by atoms with Gasteiger partial charge in [0.2, 0.25) is 0 Å². The van der Waals surface area contributed by atoms with Gasteiger partial charge in [0, 0.05) is 19.5 Å². The van der Waals surface area contributed by atoms with Gasteiger partial charge in [0.05, 0.1) is 12.3 Å². The summed E-state index contributed by atoms with van der Waals surface area (Å²) >= 11 is 1.31. The van der Waals surface area contributed by atoms with Crippen LogP contribution in [0.3, 0.4) is 0 Å². The topological polar surface area (TPSA) is 55.6 Å². The first-order valence-corrected chi connectivity index (χ1v) is 5.17. The summed E-state index contributed by atoms with van der Waals surface area (Å²) in [5.74, 6) is 0.154. The van der Waals surface area contributed by atoms with Gasteiger partial charge in [-0.1, -0.05) is 0 Å². The largest absolute Gasteiger partial charge is 0.490 e. The Morgan fingerprint density at radius 2 is 2.29 bits per heavy atom. The summed E-state index contributed by atoms with van der Waals surface area (Å²) < 4.78 is 5.40. The van der Waals surface area contributed by atoms with Gasteiger partial charge in [-0.15, -0.1) is 11.3 Å². The average molecular weight is 214 g/mol. The Kier molecular flexibility index (Phi) is 3.35. The zero-order chi connectivity index (χ0) is 10.7. The lowest BCUT2D eigenvalue weighted by Crippen LogP contribution is -2.13. The molecule has 0 spiro atoms. The monoisotopic (exact) mass is 214 g/mol. The van der Waals surface area contributed by atoms with E-state index in [-0.39, 0.29) is 0 Å². The van der Waals surface area contributed by atoms with Crippen molar-refractivity contribution in [3.63, 3.8) is 0 Å². The summed E-state index contributed by atoms with van der Waals surface area (Å²) in [4.78, 5) is 13.4. The number of amides is 1. The van der Waals surface area contributed by atoms with Crippen LogP contribution >= 0.6 is 11.3 Å². The van der Waals surface area contributed by atoms with Crippen LogP contribution in [0.4, 0.5) is 5.69 Å². The van der Waals surface area contributed by atoms with Gasteiger partial charge in [0.1, 0.15) is 4.88 Å². The third kappa shape index (κ3) is 1.98. The maximum absolute atomic E-state index is 11.1. The number of rotatable bonds is 4. The maximum atomic E-state index is 11.1. The standard InChI is InChI=1S/C9H14N2O2S/c1-4-13-7-6(11(2)3)5-14-8(7)9(10)12/h5H,4H2,1-3H3,(H2,10,12). The molecule has 0 saturated carbocycles. The summed E-state index contributed by atoms with van der Waals surface area (Å²) in [5.41, 5.74) is 6.13. The molecule has 1 aromatic heterocycles. The molecule has 0 atom stereocenters. The highest BCUT2D eigenvalue weighted by molar-refractivity contribution is 7.13. The Labute approximate surface area is 87.3 Å². The van der Waals surface area contributed by atoms with Crippen molar-refractivity contribution in [2.75, 3.05) is 25.6 Å². The lowest BCUT2D eigenvalue weighted by atomic mass is 10.3. The number of ether oxygens (including phenoxy) is 1. The Morgan fingerprint density at radius 1 is 1.64 bits per heavy atom. The molecule has 1 rings (SSSR count). The third-order valence-corrected chi connectivity index (χ3v) is 2.68. The fraction of sp³-hybridized carbons (Fsp3) is 0.444. The molecule has 0 saturated heterocycles. The molecule has 14 heavy (non-hydrogen) atoms. The van der Waals surface area contributed by atoms with Crippen LogP contribution in [0, 0.1) is 0 Å². The molecule has 78 valence electrons. The first-order chi connectivity index (χ1) is 6.57. The number of carbonyl (C=O) groups is 1. The summed E-state index contributed by atoms with van der Waals surface area (Å²) in [6.45, 7) is 2.40. The van der Waals surface area contributed by atoms with Crippen LogP contribution in [-0.2, 0) is 0 Å². The highest BCUT2D eigenvalue weighted by Crippen LogP contribution is 2.36. The predicted octanol–water partition coefficient (Wildman–Crippen LogP) is 1.31.